The van der Waals surface area contributed by atoms with Gasteiger partial charge in [-0.05, 0) is 34.1 Å². The molecule has 114 valence electrons. The van der Waals surface area contributed by atoms with Gasteiger partial charge in [0.2, 0.25) is 11.8 Å². The van der Waals surface area contributed by atoms with Gasteiger partial charge in [-0.1, -0.05) is 0 Å². The van der Waals surface area contributed by atoms with Crippen molar-refractivity contribution in [3.63, 3.8) is 0 Å². The van der Waals surface area contributed by atoms with Crippen LogP contribution in [0.4, 0.5) is 32.0 Å². The third kappa shape index (κ3) is 4.35. The molecule has 21 heavy (non-hydrogen) atoms. The number of benzene rings is 1. The molecule has 0 fully saturated rings. The predicted molar refractivity (Wildman–Crippen MR) is 63.1 cm³/mol. The third-order valence-electron chi connectivity index (χ3n) is 2.27. The Labute approximate surface area is 122 Å². The summed E-state index contributed by atoms with van der Waals surface area (Å²) in [6.07, 6.45) is -11.5. The highest BCUT2D eigenvalue weighted by Crippen LogP contribution is 2.40. The molecule has 0 spiro atoms. The average Bonchev–Trinajstić information content (AvgIpc) is 2.27. The van der Waals surface area contributed by atoms with Crippen LogP contribution in [0.5, 0.6) is 0 Å². The molecule has 1 N–H and O–H groups in total. The number of nitriles is 1. The van der Waals surface area contributed by atoms with Crippen molar-refractivity contribution in [3.05, 3.63) is 28.2 Å². The van der Waals surface area contributed by atoms with Gasteiger partial charge in [0.05, 0.1) is 17.3 Å². The number of carbonyl (C=O) groups is 1. The van der Waals surface area contributed by atoms with E-state index in [-0.39, 0.29) is 15.7 Å². The zero-order valence-electron chi connectivity index (χ0n) is 9.81. The molecule has 0 atom stereocenters. The molecular formula is C11H5BrF6N2O. The summed E-state index contributed by atoms with van der Waals surface area (Å²) in [6, 6.07) is 5.02. The molecule has 10 heteroatoms. The van der Waals surface area contributed by atoms with Crippen molar-refractivity contribution in [2.24, 2.45) is 5.92 Å². The molecule has 0 radical (unpaired) electrons. The van der Waals surface area contributed by atoms with E-state index in [0.29, 0.717) is 0 Å². The van der Waals surface area contributed by atoms with Crippen molar-refractivity contribution in [1.82, 2.24) is 0 Å². The summed E-state index contributed by atoms with van der Waals surface area (Å²) in [7, 11) is 0. The van der Waals surface area contributed by atoms with Crippen LogP contribution < -0.4 is 5.32 Å². The first-order chi connectivity index (χ1) is 9.46. The SMILES string of the molecule is N#Cc1ccc(NC(=O)C(C(F)(F)F)C(F)(F)F)c(Br)c1. The van der Waals surface area contributed by atoms with Gasteiger partial charge >= 0.3 is 12.4 Å². The van der Waals surface area contributed by atoms with Gasteiger partial charge < -0.3 is 5.32 Å². The highest BCUT2D eigenvalue weighted by molar-refractivity contribution is 9.10. The molecule has 3 nitrogen and oxygen atoms in total. The number of anilines is 1. The quantitative estimate of drug-likeness (QED) is 0.795. The van der Waals surface area contributed by atoms with Crippen molar-refractivity contribution in [2.45, 2.75) is 12.4 Å². The summed E-state index contributed by atoms with van der Waals surface area (Å²) in [5, 5.41) is 10.1. The van der Waals surface area contributed by atoms with Crippen LogP contribution >= 0.6 is 15.9 Å². The minimum Gasteiger partial charge on any atom is -0.324 e. The predicted octanol–water partition coefficient (Wildman–Crippen LogP) is 4.00. The van der Waals surface area contributed by atoms with Crippen molar-refractivity contribution < 1.29 is 31.1 Å². The third-order valence-corrected chi connectivity index (χ3v) is 2.93. The molecule has 0 unspecified atom stereocenters. The Hall–Kier alpha value is -1.76. The number of rotatable bonds is 2. The van der Waals surface area contributed by atoms with Gasteiger partial charge in [0.25, 0.3) is 0 Å². The van der Waals surface area contributed by atoms with Crippen molar-refractivity contribution in [2.75, 3.05) is 5.32 Å². The van der Waals surface area contributed by atoms with Gasteiger partial charge in [-0.3, -0.25) is 4.79 Å². The van der Waals surface area contributed by atoms with E-state index >= 15 is 0 Å². The van der Waals surface area contributed by atoms with E-state index in [1.165, 1.54) is 5.32 Å². The van der Waals surface area contributed by atoms with Gasteiger partial charge in [0.15, 0.2) is 0 Å². The second kappa shape index (κ2) is 5.93. The van der Waals surface area contributed by atoms with Crippen LogP contribution in [0.3, 0.4) is 0 Å². The number of halogens is 7. The molecule has 0 heterocycles. The minimum atomic E-state index is -5.76. The molecule has 0 saturated heterocycles. The maximum absolute atomic E-state index is 12.4. The minimum absolute atomic E-state index is 0.0157. The van der Waals surface area contributed by atoms with E-state index in [4.69, 9.17) is 5.26 Å². The maximum atomic E-state index is 12.4. The summed E-state index contributed by atoms with van der Waals surface area (Å²) in [6.45, 7) is 0. The Morgan fingerprint density at radius 2 is 1.71 bits per heavy atom. The first kappa shape index (κ1) is 17.3. The number of hydrogen-bond donors (Lipinski definition) is 1. The summed E-state index contributed by atoms with van der Waals surface area (Å²) in [4.78, 5) is 11.3. The number of hydrogen-bond acceptors (Lipinski definition) is 2. The summed E-state index contributed by atoms with van der Waals surface area (Å²) >= 11 is 2.84. The molecule has 1 aromatic rings. The Morgan fingerprint density at radius 1 is 1.19 bits per heavy atom. The lowest BCUT2D eigenvalue weighted by molar-refractivity contribution is -0.272. The first-order valence-electron chi connectivity index (χ1n) is 5.10. The smallest absolute Gasteiger partial charge is 0.324 e. The highest BCUT2D eigenvalue weighted by atomic mass is 79.9. The van der Waals surface area contributed by atoms with Crippen LogP contribution in [0, 0.1) is 17.2 Å². The van der Waals surface area contributed by atoms with E-state index in [9.17, 15) is 31.1 Å². The molecule has 0 aliphatic carbocycles. The molecule has 1 amide bonds. The zero-order valence-corrected chi connectivity index (χ0v) is 11.4. The Morgan fingerprint density at radius 3 is 2.10 bits per heavy atom. The van der Waals surface area contributed by atoms with E-state index in [2.05, 4.69) is 15.9 Å². The van der Waals surface area contributed by atoms with E-state index < -0.39 is 24.2 Å². The second-order valence-electron chi connectivity index (χ2n) is 3.81. The number of nitrogens with zero attached hydrogens (tertiary/aromatic N) is 1. The van der Waals surface area contributed by atoms with Crippen LogP contribution in [0.1, 0.15) is 5.56 Å². The van der Waals surface area contributed by atoms with E-state index in [1.54, 1.807) is 6.07 Å². The van der Waals surface area contributed by atoms with E-state index in [1.807, 2.05) is 0 Å². The lowest BCUT2D eigenvalue weighted by Crippen LogP contribution is -2.45. The highest BCUT2D eigenvalue weighted by Gasteiger charge is 2.61. The molecule has 0 bridgehead atoms. The van der Waals surface area contributed by atoms with Gasteiger partial charge in [-0.15, -0.1) is 0 Å². The number of alkyl halides is 6. The monoisotopic (exact) mass is 374 g/mol. The largest absolute Gasteiger partial charge is 0.409 e. The second-order valence-corrected chi connectivity index (χ2v) is 4.67. The summed E-state index contributed by atoms with van der Waals surface area (Å²) in [5.74, 6) is -6.38. The van der Waals surface area contributed by atoms with Gasteiger partial charge in [0, 0.05) is 4.47 Å². The number of carbonyl (C=O) groups excluding carboxylic acids is 1. The lowest BCUT2D eigenvalue weighted by atomic mass is 10.1. The maximum Gasteiger partial charge on any atom is 0.409 e. The fourth-order valence-corrected chi connectivity index (χ4v) is 1.85. The van der Waals surface area contributed by atoms with Gasteiger partial charge in [0.1, 0.15) is 0 Å². The normalized spacial score (nSPS) is 12.1. The van der Waals surface area contributed by atoms with Gasteiger partial charge in [-0.25, -0.2) is 0 Å². The van der Waals surface area contributed by atoms with E-state index in [0.717, 1.165) is 18.2 Å². The fourth-order valence-electron chi connectivity index (χ4n) is 1.37. The topological polar surface area (TPSA) is 52.9 Å². The fraction of sp³-hybridized carbons (Fsp3) is 0.273. The van der Waals surface area contributed by atoms with Crippen LogP contribution in [0.25, 0.3) is 0 Å². The van der Waals surface area contributed by atoms with Gasteiger partial charge in [-0.2, -0.15) is 31.6 Å². The van der Waals surface area contributed by atoms with Crippen molar-refractivity contribution in [3.8, 4) is 6.07 Å². The molecular weight excluding hydrogens is 370 g/mol. The Kier molecular flexibility index (Phi) is 4.88. The molecule has 0 aromatic heterocycles. The Bertz CT molecular complexity index is 576. The molecule has 1 aromatic carbocycles. The first-order valence-corrected chi connectivity index (χ1v) is 5.90. The van der Waals surface area contributed by atoms with Crippen LogP contribution in [0.15, 0.2) is 22.7 Å². The van der Waals surface area contributed by atoms with Crippen LogP contribution in [0.2, 0.25) is 0 Å². The number of amides is 1. The number of nitrogens with one attached hydrogen (secondary N) is 1. The molecule has 0 aliphatic rings. The van der Waals surface area contributed by atoms with Crippen LogP contribution in [-0.4, -0.2) is 18.3 Å². The summed E-state index contributed by atoms with van der Waals surface area (Å²) in [5.41, 5.74) is -0.194. The average molecular weight is 375 g/mol. The van der Waals surface area contributed by atoms with Crippen molar-refractivity contribution >= 4 is 27.5 Å². The molecule has 0 aliphatic heterocycles. The summed E-state index contributed by atoms with van der Waals surface area (Å²) < 4.78 is 74.1. The zero-order chi connectivity index (χ0) is 16.4. The molecule has 1 rings (SSSR count). The van der Waals surface area contributed by atoms with Crippen LogP contribution in [-0.2, 0) is 4.79 Å². The molecule has 0 saturated carbocycles. The Balaban J connectivity index is 3.07. The lowest BCUT2D eigenvalue weighted by Gasteiger charge is -2.22. The van der Waals surface area contributed by atoms with Crippen molar-refractivity contribution in [1.29, 1.82) is 5.26 Å². The standard InChI is InChI=1S/C11H5BrF6N2O/c12-6-3-5(4-19)1-2-7(6)20-9(21)8(10(13,14)15)11(16,17)18/h1-3,8H,(H,20,21).